The SMILES string of the molecule is O=C(O)C(=O)C=P(c1ccccc1)(c1ccccc1)c1ccccc1. The van der Waals surface area contributed by atoms with E-state index in [9.17, 15) is 14.7 Å². The van der Waals surface area contributed by atoms with E-state index < -0.39 is 18.6 Å². The van der Waals surface area contributed by atoms with E-state index in [2.05, 4.69) is 0 Å². The molecule has 3 rings (SSSR count). The predicted octanol–water partition coefficient (Wildman–Crippen LogP) is 2.44. The summed E-state index contributed by atoms with van der Waals surface area (Å²) < 4.78 is 0. The number of carboxylic acids is 1. The topological polar surface area (TPSA) is 54.4 Å². The minimum Gasteiger partial charge on any atom is -0.475 e. The lowest BCUT2D eigenvalue weighted by atomic mass is 10.4. The number of hydrogen-bond donors (Lipinski definition) is 1. The molecule has 0 atom stereocenters. The van der Waals surface area contributed by atoms with Crippen LogP contribution in [0.1, 0.15) is 0 Å². The van der Waals surface area contributed by atoms with Crippen LogP contribution in [-0.4, -0.2) is 22.7 Å². The first-order valence-corrected chi connectivity index (χ1v) is 9.69. The summed E-state index contributed by atoms with van der Waals surface area (Å²) in [6.45, 7) is -2.52. The molecular formula is C21H17O3P. The molecule has 0 amide bonds. The Balaban J connectivity index is 2.45. The van der Waals surface area contributed by atoms with Crippen LogP contribution >= 0.6 is 6.89 Å². The number of rotatable bonds is 5. The number of carboxylic acid groups (broad SMARTS) is 1. The van der Waals surface area contributed by atoms with Crippen molar-refractivity contribution in [3.63, 3.8) is 0 Å². The maximum Gasteiger partial charge on any atom is 0.376 e. The van der Waals surface area contributed by atoms with Crippen molar-refractivity contribution in [1.29, 1.82) is 0 Å². The highest BCUT2D eigenvalue weighted by Gasteiger charge is 2.27. The summed E-state index contributed by atoms with van der Waals surface area (Å²) in [5.41, 5.74) is 0. The van der Waals surface area contributed by atoms with Gasteiger partial charge in [-0.25, -0.2) is 4.79 Å². The fraction of sp³-hybridized carbons (Fsp3) is 0. The Morgan fingerprint density at radius 2 is 0.960 bits per heavy atom. The normalized spacial score (nSPS) is 10.9. The molecular weight excluding hydrogens is 331 g/mol. The van der Waals surface area contributed by atoms with Gasteiger partial charge in [0.1, 0.15) is 0 Å². The number of hydrogen-bond acceptors (Lipinski definition) is 2. The lowest BCUT2D eigenvalue weighted by molar-refractivity contribution is -0.145. The molecule has 124 valence electrons. The molecule has 0 aliphatic heterocycles. The van der Waals surface area contributed by atoms with Crippen molar-refractivity contribution in [2.24, 2.45) is 0 Å². The van der Waals surface area contributed by atoms with Gasteiger partial charge in [-0.2, -0.15) is 0 Å². The lowest BCUT2D eigenvalue weighted by Gasteiger charge is -2.28. The molecule has 0 radical (unpaired) electrons. The van der Waals surface area contributed by atoms with Crippen LogP contribution in [0, 0.1) is 0 Å². The van der Waals surface area contributed by atoms with E-state index in [1.165, 1.54) is 5.80 Å². The first-order chi connectivity index (χ1) is 12.1. The fourth-order valence-corrected chi connectivity index (χ4v) is 6.62. The molecule has 0 fully saturated rings. The van der Waals surface area contributed by atoms with Crippen molar-refractivity contribution in [2.45, 2.75) is 0 Å². The van der Waals surface area contributed by atoms with Crippen molar-refractivity contribution < 1.29 is 14.7 Å². The Kier molecular flexibility index (Phi) is 4.97. The smallest absolute Gasteiger partial charge is 0.376 e. The molecule has 0 aliphatic carbocycles. The molecule has 0 spiro atoms. The van der Waals surface area contributed by atoms with Crippen LogP contribution in [0.3, 0.4) is 0 Å². The number of carbonyl (C=O) groups is 2. The van der Waals surface area contributed by atoms with Crippen molar-refractivity contribution in [1.82, 2.24) is 0 Å². The van der Waals surface area contributed by atoms with Crippen LogP contribution < -0.4 is 15.9 Å². The van der Waals surface area contributed by atoms with Gasteiger partial charge in [0.2, 0.25) is 0 Å². The van der Waals surface area contributed by atoms with Gasteiger partial charge in [0, 0.05) is 5.80 Å². The zero-order chi connectivity index (χ0) is 17.7. The quantitative estimate of drug-likeness (QED) is 0.569. The van der Waals surface area contributed by atoms with E-state index in [4.69, 9.17) is 0 Å². The Morgan fingerprint density at radius 3 is 1.24 bits per heavy atom. The van der Waals surface area contributed by atoms with Crippen LogP contribution in [0.15, 0.2) is 91.0 Å². The highest BCUT2D eigenvalue weighted by molar-refractivity contribution is 7.95. The number of benzene rings is 3. The maximum absolute atomic E-state index is 12.3. The van der Waals surface area contributed by atoms with Crippen molar-refractivity contribution in [2.75, 3.05) is 0 Å². The van der Waals surface area contributed by atoms with Crippen molar-refractivity contribution >= 4 is 40.3 Å². The number of aliphatic carboxylic acids is 1. The van der Waals surface area contributed by atoms with Gasteiger partial charge in [0.25, 0.3) is 5.78 Å². The predicted molar refractivity (Wildman–Crippen MR) is 104 cm³/mol. The first-order valence-electron chi connectivity index (χ1n) is 7.83. The second kappa shape index (κ2) is 7.33. The van der Waals surface area contributed by atoms with Crippen molar-refractivity contribution in [3.8, 4) is 0 Å². The average Bonchev–Trinajstić information content (AvgIpc) is 2.68. The van der Waals surface area contributed by atoms with E-state index in [-0.39, 0.29) is 0 Å². The van der Waals surface area contributed by atoms with Gasteiger partial charge in [-0.05, 0) is 22.8 Å². The monoisotopic (exact) mass is 348 g/mol. The molecule has 25 heavy (non-hydrogen) atoms. The maximum atomic E-state index is 12.3. The van der Waals surface area contributed by atoms with E-state index in [1.54, 1.807) is 0 Å². The van der Waals surface area contributed by atoms with Gasteiger partial charge in [-0.15, -0.1) is 0 Å². The molecule has 0 saturated heterocycles. The second-order valence-electron chi connectivity index (χ2n) is 5.53. The molecule has 0 bridgehead atoms. The minimum absolute atomic E-state index is 0.884. The summed E-state index contributed by atoms with van der Waals surface area (Å²) >= 11 is 0. The van der Waals surface area contributed by atoms with Crippen LogP contribution in [0.4, 0.5) is 0 Å². The number of Topliss-reactive ketones (excluding diaryl/α,β-unsaturated/α-hetero) is 1. The fourth-order valence-electron chi connectivity index (χ4n) is 2.89. The molecule has 1 N–H and O–H groups in total. The van der Waals surface area contributed by atoms with Gasteiger partial charge in [-0.1, -0.05) is 91.0 Å². The molecule has 3 aromatic carbocycles. The van der Waals surface area contributed by atoms with E-state index in [0.717, 1.165) is 15.9 Å². The molecule has 0 aliphatic rings. The largest absolute Gasteiger partial charge is 0.475 e. The van der Waals surface area contributed by atoms with E-state index in [1.807, 2.05) is 91.0 Å². The van der Waals surface area contributed by atoms with Gasteiger partial charge in [0.15, 0.2) is 0 Å². The first kappa shape index (κ1) is 16.9. The van der Waals surface area contributed by atoms with E-state index in [0.29, 0.717) is 0 Å². The van der Waals surface area contributed by atoms with Crippen LogP contribution in [0.2, 0.25) is 0 Å². The summed E-state index contributed by atoms with van der Waals surface area (Å²) in [6, 6.07) is 28.9. The standard InChI is InChI=1S/C21H17O3P/c22-20(21(23)24)16-25(17-10-4-1-5-11-17,18-12-6-2-7-13-18)19-14-8-3-9-15-19/h1-16H,(H,23,24). The van der Waals surface area contributed by atoms with Crippen LogP contribution in [0.5, 0.6) is 0 Å². The molecule has 0 aromatic heterocycles. The molecule has 3 aromatic rings. The third-order valence-electron chi connectivity index (χ3n) is 4.01. The third kappa shape index (κ3) is 3.33. The van der Waals surface area contributed by atoms with Crippen LogP contribution in [-0.2, 0) is 9.59 Å². The Morgan fingerprint density at radius 1 is 0.640 bits per heavy atom. The third-order valence-corrected chi connectivity index (χ3v) is 7.97. The molecule has 0 saturated carbocycles. The number of carbonyl (C=O) groups excluding carboxylic acids is 1. The van der Waals surface area contributed by atoms with Crippen LogP contribution in [0.25, 0.3) is 0 Å². The zero-order valence-corrected chi connectivity index (χ0v) is 14.3. The summed E-state index contributed by atoms with van der Waals surface area (Å²) in [6.07, 6.45) is 0. The summed E-state index contributed by atoms with van der Waals surface area (Å²) in [5.74, 6) is -0.910. The molecule has 0 unspecified atom stereocenters. The Labute approximate surface area is 146 Å². The van der Waals surface area contributed by atoms with Gasteiger partial charge >= 0.3 is 5.97 Å². The summed E-state index contributed by atoms with van der Waals surface area (Å²) in [4.78, 5) is 23.6. The highest BCUT2D eigenvalue weighted by atomic mass is 31.2. The molecule has 4 heteroatoms. The zero-order valence-electron chi connectivity index (χ0n) is 13.4. The molecule has 0 heterocycles. The second-order valence-corrected chi connectivity index (χ2v) is 8.78. The minimum atomic E-state index is -2.52. The Hall–Kier alpha value is -2.90. The Bertz CT molecular complexity index is 829. The van der Waals surface area contributed by atoms with Gasteiger partial charge < -0.3 is 5.11 Å². The lowest BCUT2D eigenvalue weighted by Crippen LogP contribution is -2.30. The van der Waals surface area contributed by atoms with E-state index >= 15 is 0 Å². The average molecular weight is 348 g/mol. The highest BCUT2D eigenvalue weighted by Crippen LogP contribution is 2.43. The summed E-state index contributed by atoms with van der Waals surface area (Å²) in [7, 11) is 0. The van der Waals surface area contributed by atoms with Gasteiger partial charge in [0.05, 0.1) is 0 Å². The summed E-state index contributed by atoms with van der Waals surface area (Å²) in [5, 5.41) is 12.1. The number of ketones is 1. The molecule has 3 nitrogen and oxygen atoms in total. The van der Waals surface area contributed by atoms with Gasteiger partial charge in [-0.3, -0.25) is 4.79 Å². The van der Waals surface area contributed by atoms with Crippen molar-refractivity contribution in [3.05, 3.63) is 91.0 Å².